The molecular formula is C34H44Br2N5O6+. The van der Waals surface area contributed by atoms with Crippen LogP contribution < -0.4 is 10.6 Å². The largest absolute Gasteiger partial charge is 0.506 e. The van der Waals surface area contributed by atoms with Crippen LogP contribution >= 0.6 is 31.9 Å². The molecule has 3 amide bonds. The molecule has 4 aliphatic rings. The number of carbonyl (C=O) groups excluding carboxylic acids is 3. The number of fused-ring (bicyclic) bond motifs is 1. The standard InChI is InChI=1S/C34H43Br2N5O6/c35-28-18-23(19-29(36)31(28)44)22-47-33(46)40-15-10-25(39-14-9-24-4-1-2-6-30(24)38-32(39)45)20-34(40,11-17-42)41(16-3-5-27(43)21-41)26-7-12-37-13-8-26/h1-2,4,6,17-19,25-27,37,43H,3,5,7-16,20-22H2,(H-,38,44,45)/p+1/t25-,27+,34-,41-/m1/s1. The first kappa shape index (κ1) is 34.2. The van der Waals surface area contributed by atoms with Crippen molar-refractivity contribution in [3.8, 4) is 5.75 Å². The minimum absolute atomic E-state index is 0.0316. The SMILES string of the molecule is O=CC[C@@]1([N@+]2(C3CCNCC3)CCC[C@H](O)C2)C[C@H](N2CCc3ccccc3NC2=O)CCN1C(=O)OCc1cc(Br)c(O)c(Br)c1. The first-order valence-electron chi connectivity index (χ1n) is 16.6. The van der Waals surface area contributed by atoms with E-state index in [0.29, 0.717) is 64.3 Å². The molecule has 47 heavy (non-hydrogen) atoms. The molecule has 2 aromatic rings. The first-order chi connectivity index (χ1) is 22.7. The number of rotatable bonds is 7. The molecule has 3 saturated heterocycles. The van der Waals surface area contributed by atoms with Gasteiger partial charge in [0.2, 0.25) is 0 Å². The van der Waals surface area contributed by atoms with E-state index in [4.69, 9.17) is 4.74 Å². The van der Waals surface area contributed by atoms with Crippen molar-refractivity contribution in [2.45, 2.75) is 81.8 Å². The van der Waals surface area contributed by atoms with Gasteiger partial charge in [-0.3, -0.25) is 9.38 Å². The average Bonchev–Trinajstić information content (AvgIpc) is 3.24. The quantitative estimate of drug-likeness (QED) is 0.227. The van der Waals surface area contributed by atoms with E-state index in [1.807, 2.05) is 29.2 Å². The van der Waals surface area contributed by atoms with E-state index in [1.165, 1.54) is 0 Å². The van der Waals surface area contributed by atoms with Crippen molar-refractivity contribution in [1.82, 2.24) is 15.1 Å². The van der Waals surface area contributed by atoms with Gasteiger partial charge in [-0.1, -0.05) is 18.2 Å². The number of para-hydroxylation sites is 1. The number of hydrogen-bond acceptors (Lipinski definition) is 7. The Labute approximate surface area is 292 Å². The number of aliphatic hydroxyl groups is 1. The van der Waals surface area contributed by atoms with Crippen LogP contribution in [0.5, 0.6) is 5.75 Å². The minimum atomic E-state index is -1.03. The monoisotopic (exact) mass is 776 g/mol. The summed E-state index contributed by atoms with van der Waals surface area (Å²) in [4.78, 5) is 44.6. The molecule has 6 rings (SSSR count). The lowest BCUT2D eigenvalue weighted by atomic mass is 9.79. The minimum Gasteiger partial charge on any atom is -0.506 e. The number of ether oxygens (including phenoxy) is 1. The Kier molecular flexibility index (Phi) is 10.5. The zero-order valence-corrected chi connectivity index (χ0v) is 29.7. The van der Waals surface area contributed by atoms with Gasteiger partial charge in [-0.05, 0) is 86.9 Å². The van der Waals surface area contributed by atoms with Crippen molar-refractivity contribution in [2.75, 3.05) is 44.6 Å². The molecule has 2 aromatic carbocycles. The van der Waals surface area contributed by atoms with Crippen molar-refractivity contribution in [3.05, 3.63) is 56.5 Å². The lowest BCUT2D eigenvalue weighted by Gasteiger charge is -2.64. The van der Waals surface area contributed by atoms with Crippen LogP contribution in [0.1, 0.15) is 56.1 Å². The summed E-state index contributed by atoms with van der Waals surface area (Å²) in [7, 11) is 0. The third-order valence-electron chi connectivity index (χ3n) is 10.9. The van der Waals surface area contributed by atoms with Gasteiger partial charge >= 0.3 is 12.1 Å². The highest BCUT2D eigenvalue weighted by molar-refractivity contribution is 9.11. The molecule has 0 aromatic heterocycles. The van der Waals surface area contributed by atoms with Crippen LogP contribution in [0.2, 0.25) is 0 Å². The van der Waals surface area contributed by atoms with Gasteiger partial charge in [0, 0.05) is 57.2 Å². The zero-order valence-electron chi connectivity index (χ0n) is 26.5. The number of quaternary nitrogens is 1. The topological polar surface area (TPSA) is 131 Å². The number of aliphatic hydroxyl groups excluding tert-OH is 1. The Morgan fingerprint density at radius 2 is 1.85 bits per heavy atom. The van der Waals surface area contributed by atoms with Crippen LogP contribution in [0.25, 0.3) is 0 Å². The van der Waals surface area contributed by atoms with Crippen LogP contribution in [0.3, 0.4) is 0 Å². The molecule has 4 atom stereocenters. The molecular weight excluding hydrogens is 734 g/mol. The third kappa shape index (κ3) is 6.66. The Balaban J connectivity index is 1.38. The van der Waals surface area contributed by atoms with Crippen molar-refractivity contribution in [3.63, 3.8) is 0 Å². The van der Waals surface area contributed by atoms with E-state index in [1.54, 1.807) is 17.0 Å². The van der Waals surface area contributed by atoms with Crippen LogP contribution in [-0.2, 0) is 22.6 Å². The van der Waals surface area contributed by atoms with Gasteiger partial charge in [0.05, 0.1) is 28.0 Å². The van der Waals surface area contributed by atoms with Crippen molar-refractivity contribution >= 4 is 56.0 Å². The molecule has 4 heterocycles. The van der Waals surface area contributed by atoms with Gasteiger partial charge < -0.3 is 35.3 Å². The number of anilines is 1. The lowest BCUT2D eigenvalue weighted by molar-refractivity contribution is -1.01. The predicted octanol–water partition coefficient (Wildman–Crippen LogP) is 5.12. The fourth-order valence-corrected chi connectivity index (χ4v) is 10.00. The summed E-state index contributed by atoms with van der Waals surface area (Å²) in [6.07, 6.45) is 4.68. The Bertz CT molecular complexity index is 1470. The molecule has 0 bridgehead atoms. The highest BCUT2D eigenvalue weighted by atomic mass is 79.9. The number of amides is 3. The highest BCUT2D eigenvalue weighted by Crippen LogP contribution is 2.47. The number of urea groups is 1. The smallest absolute Gasteiger partial charge is 0.414 e. The number of benzene rings is 2. The summed E-state index contributed by atoms with van der Waals surface area (Å²) in [5.74, 6) is 0.0601. The molecule has 254 valence electrons. The maximum Gasteiger partial charge on any atom is 0.414 e. The summed E-state index contributed by atoms with van der Waals surface area (Å²) < 4.78 is 7.38. The first-order valence-corrected chi connectivity index (χ1v) is 18.2. The van der Waals surface area contributed by atoms with E-state index in [9.17, 15) is 24.6 Å². The van der Waals surface area contributed by atoms with Crippen LogP contribution in [0, 0.1) is 0 Å². The number of aldehydes is 1. The van der Waals surface area contributed by atoms with Crippen LogP contribution in [-0.4, -0.2) is 106 Å². The van der Waals surface area contributed by atoms with Gasteiger partial charge in [0.25, 0.3) is 0 Å². The van der Waals surface area contributed by atoms with Crippen LogP contribution in [0.15, 0.2) is 45.3 Å². The Morgan fingerprint density at radius 3 is 2.57 bits per heavy atom. The maximum absolute atomic E-state index is 14.3. The number of phenols is 1. The van der Waals surface area contributed by atoms with E-state index in [2.05, 4.69) is 42.5 Å². The normalized spacial score (nSPS) is 28.6. The van der Waals surface area contributed by atoms with Gasteiger partial charge in [-0.2, -0.15) is 0 Å². The number of nitrogens with one attached hydrogen (secondary N) is 2. The number of piperidine rings is 3. The fourth-order valence-electron chi connectivity index (χ4n) is 8.71. The second-order valence-corrected chi connectivity index (χ2v) is 15.1. The van der Waals surface area contributed by atoms with Crippen LogP contribution in [0.4, 0.5) is 15.3 Å². The number of phenolic OH excluding ortho intramolecular Hbond substituents is 1. The Hall–Kier alpha value is -2.71. The predicted molar refractivity (Wildman–Crippen MR) is 184 cm³/mol. The number of aromatic hydroxyl groups is 1. The molecule has 11 nitrogen and oxygen atoms in total. The summed E-state index contributed by atoms with van der Waals surface area (Å²) in [6.45, 7) is 3.60. The summed E-state index contributed by atoms with van der Waals surface area (Å²) in [6, 6.07) is 11.0. The van der Waals surface area contributed by atoms with E-state index in [-0.39, 0.29) is 36.9 Å². The molecule has 0 radical (unpaired) electrons. The summed E-state index contributed by atoms with van der Waals surface area (Å²) in [5, 5.41) is 28.0. The average molecular weight is 779 g/mol. The molecule has 0 spiro atoms. The van der Waals surface area contributed by atoms with Gasteiger partial charge in [0.1, 0.15) is 31.3 Å². The van der Waals surface area contributed by atoms with E-state index >= 15 is 0 Å². The molecule has 13 heteroatoms. The number of nitrogens with zero attached hydrogens (tertiary/aromatic N) is 3. The second-order valence-electron chi connectivity index (χ2n) is 13.4. The molecule has 0 saturated carbocycles. The molecule has 3 fully saturated rings. The lowest BCUT2D eigenvalue weighted by Crippen LogP contribution is -2.81. The van der Waals surface area contributed by atoms with Gasteiger partial charge in [-0.25, -0.2) is 9.59 Å². The van der Waals surface area contributed by atoms with Crippen molar-refractivity contribution in [2.24, 2.45) is 0 Å². The maximum atomic E-state index is 14.3. The summed E-state index contributed by atoms with van der Waals surface area (Å²) >= 11 is 6.71. The Morgan fingerprint density at radius 1 is 1.11 bits per heavy atom. The fraction of sp³-hybridized carbons (Fsp3) is 0.559. The number of carbonyl (C=O) groups is 3. The van der Waals surface area contributed by atoms with Gasteiger partial charge in [-0.15, -0.1) is 0 Å². The van der Waals surface area contributed by atoms with Crippen molar-refractivity contribution < 1.29 is 33.8 Å². The molecule has 0 aliphatic carbocycles. The van der Waals surface area contributed by atoms with Gasteiger partial charge in [0.15, 0.2) is 5.66 Å². The summed E-state index contributed by atoms with van der Waals surface area (Å²) in [5.41, 5.74) is 1.54. The van der Waals surface area contributed by atoms with Crippen molar-refractivity contribution in [1.29, 1.82) is 0 Å². The third-order valence-corrected chi connectivity index (χ3v) is 12.1. The molecule has 4 aliphatic heterocycles. The van der Waals surface area contributed by atoms with E-state index < -0.39 is 17.9 Å². The number of likely N-dealkylation sites (tertiary alicyclic amines) is 2. The molecule has 4 N–H and O–H groups in total. The second kappa shape index (κ2) is 14.4. The number of hydrogen-bond donors (Lipinski definition) is 4. The molecule has 0 unspecified atom stereocenters. The highest BCUT2D eigenvalue weighted by Gasteiger charge is 2.64. The zero-order chi connectivity index (χ0) is 33.2. The number of halogens is 2. The van der Waals surface area contributed by atoms with E-state index in [0.717, 1.165) is 56.4 Å².